The lowest BCUT2D eigenvalue weighted by atomic mass is 9.77. The highest BCUT2D eigenvalue weighted by Crippen LogP contribution is 2.41. The van der Waals surface area contributed by atoms with E-state index >= 15 is 0 Å². The number of piperidine rings is 1. The Labute approximate surface area is 153 Å². The first-order valence-electron chi connectivity index (χ1n) is 9.06. The van der Waals surface area contributed by atoms with Crippen molar-refractivity contribution in [1.82, 2.24) is 19.8 Å². The predicted molar refractivity (Wildman–Crippen MR) is 97.8 cm³/mol. The monoisotopic (exact) mass is 358 g/mol. The number of H-pyrrole nitrogens is 1. The van der Waals surface area contributed by atoms with Crippen LogP contribution in [0.3, 0.4) is 0 Å². The molecule has 2 fully saturated rings. The van der Waals surface area contributed by atoms with E-state index in [-0.39, 0.29) is 22.8 Å². The van der Waals surface area contributed by atoms with Gasteiger partial charge in [0.1, 0.15) is 11.4 Å². The van der Waals surface area contributed by atoms with Crippen LogP contribution in [0.15, 0.2) is 22.6 Å². The predicted octanol–water partition coefficient (Wildman–Crippen LogP) is 1.50. The molecule has 3 rings (SSSR count). The lowest BCUT2D eigenvalue weighted by molar-refractivity contribution is -0.127. The number of carbonyl (C=O) groups excluding carboxylic acids is 2. The summed E-state index contributed by atoms with van der Waals surface area (Å²) in [7, 11) is 0. The summed E-state index contributed by atoms with van der Waals surface area (Å²) in [5.41, 5.74) is 0.850. The van der Waals surface area contributed by atoms with Crippen LogP contribution in [0.1, 0.15) is 49.3 Å². The zero-order valence-electron chi connectivity index (χ0n) is 15.7. The zero-order chi connectivity index (χ0) is 18.9. The number of hydrogen-bond acceptors (Lipinski definition) is 4. The number of nitrogens with one attached hydrogen (secondary N) is 1. The van der Waals surface area contributed by atoms with Crippen LogP contribution in [0.2, 0.25) is 0 Å². The number of nitrogens with zero attached hydrogens (tertiary/aromatic N) is 3. The third kappa shape index (κ3) is 3.71. The standard InChI is InChI=1S/C19H26N4O3/c1-13(2)4-7-23-12-19(10-16(23)24)5-8-22(9-6-19)18(26)15-11-20-14(3)21-17(15)25/h4,11H,5-10,12H2,1-3H3,(H,20,21,25). The first kappa shape index (κ1) is 18.4. The molecule has 0 radical (unpaired) electrons. The van der Waals surface area contributed by atoms with Gasteiger partial charge in [-0.15, -0.1) is 0 Å². The Morgan fingerprint density at radius 3 is 2.62 bits per heavy atom. The molecule has 1 aromatic rings. The molecule has 0 unspecified atom stereocenters. The number of amides is 2. The first-order chi connectivity index (χ1) is 12.3. The van der Waals surface area contributed by atoms with Crippen LogP contribution in [0.5, 0.6) is 0 Å². The van der Waals surface area contributed by atoms with Gasteiger partial charge in [-0.1, -0.05) is 11.6 Å². The highest BCUT2D eigenvalue weighted by molar-refractivity contribution is 5.93. The van der Waals surface area contributed by atoms with Crippen molar-refractivity contribution in [3.8, 4) is 0 Å². The molecular weight excluding hydrogens is 332 g/mol. The van der Waals surface area contributed by atoms with Gasteiger partial charge in [0, 0.05) is 44.2 Å². The number of rotatable bonds is 3. The van der Waals surface area contributed by atoms with Gasteiger partial charge >= 0.3 is 0 Å². The van der Waals surface area contributed by atoms with Gasteiger partial charge < -0.3 is 14.8 Å². The van der Waals surface area contributed by atoms with Gasteiger partial charge in [-0.2, -0.15) is 0 Å². The molecule has 1 N–H and O–H groups in total. The number of aryl methyl sites for hydroxylation is 1. The van der Waals surface area contributed by atoms with E-state index in [1.54, 1.807) is 11.8 Å². The molecule has 0 atom stereocenters. The second-order valence-corrected chi connectivity index (χ2v) is 7.74. The number of aromatic nitrogens is 2. The number of hydrogen-bond donors (Lipinski definition) is 1. The third-order valence-electron chi connectivity index (χ3n) is 5.39. The van der Waals surface area contributed by atoms with Crippen molar-refractivity contribution in [1.29, 1.82) is 0 Å². The van der Waals surface area contributed by atoms with Gasteiger partial charge in [0.15, 0.2) is 0 Å². The second kappa shape index (κ2) is 7.05. The Kier molecular flexibility index (Phi) is 4.98. The molecule has 140 valence electrons. The summed E-state index contributed by atoms with van der Waals surface area (Å²) in [5.74, 6) is 0.408. The smallest absolute Gasteiger partial charge is 0.263 e. The highest BCUT2D eigenvalue weighted by Gasteiger charge is 2.45. The molecule has 1 spiro atoms. The second-order valence-electron chi connectivity index (χ2n) is 7.74. The minimum Gasteiger partial charge on any atom is -0.338 e. The van der Waals surface area contributed by atoms with Gasteiger partial charge in [-0.25, -0.2) is 4.98 Å². The van der Waals surface area contributed by atoms with E-state index in [0.717, 1.165) is 19.4 Å². The summed E-state index contributed by atoms with van der Waals surface area (Å²) in [4.78, 5) is 47.2. The SMILES string of the molecule is CC(C)=CCN1CC2(CCN(C(=O)c3cnc(C)[nH]c3=O)CC2)CC1=O. The van der Waals surface area contributed by atoms with Crippen LogP contribution in [0.25, 0.3) is 0 Å². The molecule has 2 saturated heterocycles. The van der Waals surface area contributed by atoms with Crippen molar-refractivity contribution in [2.75, 3.05) is 26.2 Å². The number of carbonyl (C=O) groups is 2. The number of allylic oxidation sites excluding steroid dienone is 1. The molecule has 7 nitrogen and oxygen atoms in total. The molecule has 1 aromatic heterocycles. The zero-order valence-corrected chi connectivity index (χ0v) is 15.7. The normalized spacial score (nSPS) is 19.1. The maximum absolute atomic E-state index is 12.6. The third-order valence-corrected chi connectivity index (χ3v) is 5.39. The van der Waals surface area contributed by atoms with E-state index in [9.17, 15) is 14.4 Å². The number of likely N-dealkylation sites (tertiary alicyclic amines) is 2. The Bertz CT molecular complexity index is 799. The fraction of sp³-hybridized carbons (Fsp3) is 0.579. The fourth-order valence-corrected chi connectivity index (χ4v) is 3.77. The summed E-state index contributed by atoms with van der Waals surface area (Å²) in [6.07, 6.45) is 5.55. The topological polar surface area (TPSA) is 86.4 Å². The van der Waals surface area contributed by atoms with Crippen molar-refractivity contribution < 1.29 is 9.59 Å². The van der Waals surface area contributed by atoms with Crippen molar-refractivity contribution in [3.63, 3.8) is 0 Å². The molecule has 0 bridgehead atoms. The van der Waals surface area contributed by atoms with Gasteiger partial charge in [-0.05, 0) is 33.6 Å². The molecule has 0 saturated carbocycles. The van der Waals surface area contributed by atoms with E-state index in [2.05, 4.69) is 16.0 Å². The Hall–Kier alpha value is -2.44. The molecule has 26 heavy (non-hydrogen) atoms. The molecule has 2 aliphatic rings. The summed E-state index contributed by atoms with van der Waals surface area (Å²) in [6, 6.07) is 0. The molecular formula is C19H26N4O3. The summed E-state index contributed by atoms with van der Waals surface area (Å²) in [5, 5.41) is 0. The quantitative estimate of drug-likeness (QED) is 0.830. The van der Waals surface area contributed by atoms with Crippen LogP contribution in [-0.2, 0) is 4.79 Å². The van der Waals surface area contributed by atoms with E-state index in [1.807, 2.05) is 18.7 Å². The van der Waals surface area contributed by atoms with E-state index in [4.69, 9.17) is 0 Å². The average Bonchev–Trinajstić information content (AvgIpc) is 2.88. The van der Waals surface area contributed by atoms with E-state index in [1.165, 1.54) is 11.8 Å². The molecule has 7 heteroatoms. The minimum atomic E-state index is -0.397. The Balaban J connectivity index is 1.64. The Morgan fingerprint density at radius 1 is 1.31 bits per heavy atom. The molecule has 3 heterocycles. The lowest BCUT2D eigenvalue weighted by Crippen LogP contribution is -2.45. The minimum absolute atomic E-state index is 0.0404. The molecule has 0 aliphatic carbocycles. The lowest BCUT2D eigenvalue weighted by Gasteiger charge is -2.38. The van der Waals surface area contributed by atoms with Gasteiger partial charge in [0.05, 0.1) is 0 Å². The summed E-state index contributed by atoms with van der Waals surface area (Å²) in [6.45, 7) is 8.29. The fourth-order valence-electron chi connectivity index (χ4n) is 3.77. The number of aromatic amines is 1. The summed E-state index contributed by atoms with van der Waals surface area (Å²) >= 11 is 0. The van der Waals surface area contributed by atoms with Gasteiger partial charge in [-0.3, -0.25) is 14.4 Å². The van der Waals surface area contributed by atoms with Crippen LogP contribution in [0.4, 0.5) is 0 Å². The molecule has 2 amide bonds. The maximum atomic E-state index is 12.6. The van der Waals surface area contributed by atoms with Crippen LogP contribution in [-0.4, -0.2) is 57.8 Å². The van der Waals surface area contributed by atoms with Crippen molar-refractivity contribution in [3.05, 3.63) is 39.6 Å². The van der Waals surface area contributed by atoms with E-state index < -0.39 is 5.56 Å². The molecule has 2 aliphatic heterocycles. The van der Waals surface area contributed by atoms with Gasteiger partial charge in [0.2, 0.25) is 5.91 Å². The Morgan fingerprint density at radius 2 is 2.00 bits per heavy atom. The highest BCUT2D eigenvalue weighted by atomic mass is 16.2. The van der Waals surface area contributed by atoms with Crippen molar-refractivity contribution >= 4 is 11.8 Å². The van der Waals surface area contributed by atoms with E-state index in [0.29, 0.717) is 31.9 Å². The molecule has 0 aromatic carbocycles. The van der Waals surface area contributed by atoms with Crippen LogP contribution < -0.4 is 5.56 Å². The largest absolute Gasteiger partial charge is 0.338 e. The van der Waals surface area contributed by atoms with Gasteiger partial charge in [0.25, 0.3) is 11.5 Å². The van der Waals surface area contributed by atoms with Crippen molar-refractivity contribution in [2.45, 2.75) is 40.0 Å². The van der Waals surface area contributed by atoms with Crippen molar-refractivity contribution in [2.24, 2.45) is 5.41 Å². The average molecular weight is 358 g/mol. The van der Waals surface area contributed by atoms with Crippen LogP contribution in [0, 0.1) is 12.3 Å². The first-order valence-corrected chi connectivity index (χ1v) is 9.06. The van der Waals surface area contributed by atoms with Crippen LogP contribution >= 0.6 is 0 Å². The summed E-state index contributed by atoms with van der Waals surface area (Å²) < 4.78 is 0. The maximum Gasteiger partial charge on any atom is 0.263 e.